The fourth-order valence-corrected chi connectivity index (χ4v) is 2.25. The van der Waals surface area contributed by atoms with Gasteiger partial charge in [-0.3, -0.25) is 4.79 Å². The Morgan fingerprint density at radius 3 is 1.80 bits per heavy atom. The van der Waals surface area contributed by atoms with Gasteiger partial charge in [-0.1, -0.05) is 68.4 Å². The number of rotatable bonds is 15. The van der Waals surface area contributed by atoms with E-state index in [1.54, 1.807) is 6.92 Å². The summed E-state index contributed by atoms with van der Waals surface area (Å²) in [6.07, 6.45) is 27.0. The van der Waals surface area contributed by atoms with E-state index < -0.39 is 6.23 Å². The number of carbonyl (C=O) groups excluding carboxylic acids is 1. The van der Waals surface area contributed by atoms with E-state index in [1.807, 2.05) is 0 Å². The van der Waals surface area contributed by atoms with E-state index in [-0.39, 0.29) is 5.91 Å². The second-order valence-corrected chi connectivity index (χ2v) is 6.22. The Morgan fingerprint density at radius 2 is 1.32 bits per heavy atom. The Kier molecular flexibility index (Phi) is 17.5. The number of hydrogen-bond acceptors (Lipinski definition) is 2. The first-order chi connectivity index (χ1) is 12.2. The van der Waals surface area contributed by atoms with Gasteiger partial charge in [0, 0.05) is 6.42 Å². The van der Waals surface area contributed by atoms with Crippen molar-refractivity contribution in [2.75, 3.05) is 0 Å². The molecule has 0 spiro atoms. The molecule has 0 fully saturated rings. The number of carbonyl (C=O) groups is 1. The highest BCUT2D eigenvalue weighted by atomic mass is 16.3. The van der Waals surface area contributed by atoms with Crippen molar-refractivity contribution in [3.8, 4) is 0 Å². The number of aliphatic hydroxyl groups excluding tert-OH is 1. The molecule has 1 atom stereocenters. The maximum Gasteiger partial charge on any atom is 0.221 e. The summed E-state index contributed by atoms with van der Waals surface area (Å²) in [4.78, 5) is 11.3. The number of unbranched alkanes of at least 4 members (excludes halogenated alkanes) is 4. The van der Waals surface area contributed by atoms with Gasteiger partial charge in [0.15, 0.2) is 0 Å². The number of nitrogens with one attached hydrogen (secondary N) is 1. The highest BCUT2D eigenvalue weighted by Gasteiger charge is 2.01. The lowest BCUT2D eigenvalue weighted by atomic mass is 10.2. The Bertz CT molecular complexity index is 420. The summed E-state index contributed by atoms with van der Waals surface area (Å²) in [5.74, 6) is -0.0918. The van der Waals surface area contributed by atoms with Crippen molar-refractivity contribution in [1.82, 2.24) is 5.32 Å². The molecule has 0 aromatic heterocycles. The zero-order valence-corrected chi connectivity index (χ0v) is 16.1. The van der Waals surface area contributed by atoms with Crippen LogP contribution in [0.2, 0.25) is 0 Å². The molecule has 0 heterocycles. The van der Waals surface area contributed by atoms with Crippen molar-refractivity contribution in [3.05, 3.63) is 48.6 Å². The summed E-state index contributed by atoms with van der Waals surface area (Å²) in [7, 11) is 0. The smallest absolute Gasteiger partial charge is 0.221 e. The Hall–Kier alpha value is -1.61. The average Bonchev–Trinajstić information content (AvgIpc) is 2.57. The van der Waals surface area contributed by atoms with Gasteiger partial charge in [0.2, 0.25) is 5.91 Å². The van der Waals surface area contributed by atoms with Gasteiger partial charge in [0.25, 0.3) is 0 Å². The first-order valence-corrected chi connectivity index (χ1v) is 9.74. The minimum atomic E-state index is -0.760. The summed E-state index contributed by atoms with van der Waals surface area (Å²) < 4.78 is 0. The number of amides is 1. The number of aliphatic hydroxyl groups is 1. The molecule has 1 unspecified atom stereocenters. The van der Waals surface area contributed by atoms with Crippen LogP contribution in [-0.2, 0) is 4.79 Å². The van der Waals surface area contributed by atoms with Gasteiger partial charge in [-0.25, -0.2) is 0 Å². The number of hydrogen-bond donors (Lipinski definition) is 2. The highest BCUT2D eigenvalue weighted by Crippen LogP contribution is 2.01. The molecule has 0 aliphatic heterocycles. The first kappa shape index (κ1) is 23.4. The van der Waals surface area contributed by atoms with Crippen LogP contribution in [0.3, 0.4) is 0 Å². The molecule has 0 aromatic carbocycles. The van der Waals surface area contributed by atoms with E-state index in [4.69, 9.17) is 5.11 Å². The topological polar surface area (TPSA) is 49.3 Å². The van der Waals surface area contributed by atoms with Gasteiger partial charge in [-0.2, -0.15) is 0 Å². The van der Waals surface area contributed by atoms with Gasteiger partial charge >= 0.3 is 0 Å². The zero-order chi connectivity index (χ0) is 18.6. The average molecular weight is 348 g/mol. The molecule has 0 radical (unpaired) electrons. The molecular weight excluding hydrogens is 310 g/mol. The molecule has 0 aliphatic rings. The van der Waals surface area contributed by atoms with Gasteiger partial charge in [-0.05, 0) is 51.9 Å². The van der Waals surface area contributed by atoms with Gasteiger partial charge in [0.05, 0.1) is 0 Å². The quantitative estimate of drug-likeness (QED) is 0.230. The van der Waals surface area contributed by atoms with Crippen molar-refractivity contribution in [2.45, 2.75) is 84.3 Å². The molecule has 3 nitrogen and oxygen atoms in total. The Labute approximate surface area is 154 Å². The molecule has 1 amide bonds. The monoisotopic (exact) mass is 347 g/mol. The van der Waals surface area contributed by atoms with Crippen LogP contribution in [0, 0.1) is 0 Å². The maximum atomic E-state index is 11.3. The van der Waals surface area contributed by atoms with Crippen LogP contribution < -0.4 is 5.32 Å². The predicted octanol–water partition coefficient (Wildman–Crippen LogP) is 5.59. The third-order valence-corrected chi connectivity index (χ3v) is 3.60. The summed E-state index contributed by atoms with van der Waals surface area (Å²) >= 11 is 0. The number of allylic oxidation sites excluding steroid dienone is 8. The van der Waals surface area contributed by atoms with Crippen LogP contribution in [0.1, 0.15) is 78.1 Å². The summed E-state index contributed by atoms with van der Waals surface area (Å²) in [6, 6.07) is 0. The fourth-order valence-electron chi connectivity index (χ4n) is 2.25. The predicted molar refractivity (Wildman–Crippen MR) is 108 cm³/mol. The van der Waals surface area contributed by atoms with Gasteiger partial charge in [-0.15, -0.1) is 0 Å². The molecule has 142 valence electrons. The van der Waals surface area contributed by atoms with E-state index in [1.165, 1.54) is 25.7 Å². The molecule has 0 rings (SSSR count). The minimum Gasteiger partial charge on any atom is -0.374 e. The molecule has 0 aliphatic carbocycles. The Balaban J connectivity index is 3.47. The van der Waals surface area contributed by atoms with E-state index in [0.717, 1.165) is 32.1 Å². The van der Waals surface area contributed by atoms with Gasteiger partial charge in [0.1, 0.15) is 6.23 Å². The van der Waals surface area contributed by atoms with Crippen molar-refractivity contribution in [2.24, 2.45) is 0 Å². The second-order valence-electron chi connectivity index (χ2n) is 6.22. The molecule has 0 bridgehead atoms. The summed E-state index contributed by atoms with van der Waals surface area (Å²) in [6.45, 7) is 3.78. The molecule has 0 saturated carbocycles. The van der Waals surface area contributed by atoms with Crippen molar-refractivity contribution in [1.29, 1.82) is 0 Å². The lowest BCUT2D eigenvalue weighted by molar-refractivity contribution is -0.123. The normalized spacial score (nSPS) is 13.6. The largest absolute Gasteiger partial charge is 0.374 e. The van der Waals surface area contributed by atoms with Crippen LogP contribution in [0.4, 0.5) is 0 Å². The van der Waals surface area contributed by atoms with Crippen LogP contribution in [0.25, 0.3) is 0 Å². The van der Waals surface area contributed by atoms with E-state index in [2.05, 4.69) is 60.8 Å². The highest BCUT2D eigenvalue weighted by molar-refractivity contribution is 5.75. The van der Waals surface area contributed by atoms with E-state index in [0.29, 0.717) is 6.42 Å². The fraction of sp³-hybridized carbons (Fsp3) is 0.591. The minimum absolute atomic E-state index is 0.0918. The molecule has 3 heteroatoms. The summed E-state index contributed by atoms with van der Waals surface area (Å²) in [5, 5.41) is 11.5. The van der Waals surface area contributed by atoms with Crippen molar-refractivity contribution >= 4 is 5.91 Å². The van der Waals surface area contributed by atoms with Crippen LogP contribution in [0.5, 0.6) is 0 Å². The van der Waals surface area contributed by atoms with E-state index >= 15 is 0 Å². The molecule has 0 aromatic rings. The standard InChI is InChI=1S/C22H37NO2/c1-3-4-5-6-7-8-9-10-11-12-13-14-15-16-17-18-19-20-22(25)23-21(2)24/h7-8,10-11,13-14,16-17,21,24H,3-6,9,12,15,18-20H2,1-2H3,(H,23,25)/b8-7-,11-10-,14-13-,17-16-. The molecular formula is C22H37NO2. The summed E-state index contributed by atoms with van der Waals surface area (Å²) in [5.41, 5.74) is 0. The first-order valence-electron chi connectivity index (χ1n) is 9.74. The third-order valence-electron chi connectivity index (χ3n) is 3.60. The molecule has 0 saturated heterocycles. The maximum absolute atomic E-state index is 11.3. The van der Waals surface area contributed by atoms with Crippen LogP contribution in [0.15, 0.2) is 48.6 Å². The lowest BCUT2D eigenvalue weighted by Gasteiger charge is -2.05. The molecule has 25 heavy (non-hydrogen) atoms. The van der Waals surface area contributed by atoms with E-state index in [9.17, 15) is 4.79 Å². The third kappa shape index (κ3) is 20.3. The Morgan fingerprint density at radius 1 is 0.840 bits per heavy atom. The molecule has 2 N–H and O–H groups in total. The van der Waals surface area contributed by atoms with Gasteiger partial charge < -0.3 is 10.4 Å². The van der Waals surface area contributed by atoms with Crippen LogP contribution >= 0.6 is 0 Å². The second kappa shape index (κ2) is 18.7. The zero-order valence-electron chi connectivity index (χ0n) is 16.1. The lowest BCUT2D eigenvalue weighted by Crippen LogP contribution is -2.31. The van der Waals surface area contributed by atoms with Crippen molar-refractivity contribution < 1.29 is 9.90 Å². The van der Waals surface area contributed by atoms with Crippen molar-refractivity contribution in [3.63, 3.8) is 0 Å². The van der Waals surface area contributed by atoms with Crippen LogP contribution in [-0.4, -0.2) is 17.2 Å². The SMILES string of the molecule is CCCCC/C=C\C/C=C\C/C=C\C/C=C\CCCC(=O)NC(C)O.